The second-order valence-corrected chi connectivity index (χ2v) is 6.80. The van der Waals surface area contributed by atoms with Crippen molar-refractivity contribution in [3.63, 3.8) is 0 Å². The van der Waals surface area contributed by atoms with Crippen molar-refractivity contribution in [1.82, 2.24) is 10.3 Å². The zero-order valence-corrected chi connectivity index (χ0v) is 14.5. The van der Waals surface area contributed by atoms with Gasteiger partial charge in [0.25, 0.3) is 5.91 Å². The van der Waals surface area contributed by atoms with Crippen LogP contribution in [0.5, 0.6) is 0 Å². The third-order valence-corrected chi connectivity index (χ3v) is 5.55. The van der Waals surface area contributed by atoms with Gasteiger partial charge in [0.05, 0.1) is 11.2 Å². The molecule has 1 aromatic heterocycles. The molecule has 0 spiro atoms. The van der Waals surface area contributed by atoms with Gasteiger partial charge in [0.15, 0.2) is 0 Å². The van der Waals surface area contributed by atoms with Gasteiger partial charge in [-0.15, -0.1) is 36.2 Å². The lowest BCUT2D eigenvalue weighted by molar-refractivity contribution is 0.0759. The Morgan fingerprint density at radius 3 is 2.48 bits per heavy atom. The highest BCUT2D eigenvalue weighted by atomic mass is 35.5. The molecular weight excluding hydrogens is 329 g/mol. The fourth-order valence-corrected chi connectivity index (χ4v) is 4.47. The Bertz CT molecular complexity index is 469. The van der Waals surface area contributed by atoms with E-state index in [1.54, 1.807) is 5.51 Å². The summed E-state index contributed by atoms with van der Waals surface area (Å²) in [5, 5.41) is 3.26. The van der Waals surface area contributed by atoms with Crippen molar-refractivity contribution in [1.29, 1.82) is 0 Å². The first-order valence-electron chi connectivity index (χ1n) is 7.11. The van der Waals surface area contributed by atoms with E-state index in [-0.39, 0.29) is 30.7 Å². The molecular formula is C14H23Cl2N3OS. The molecule has 0 aromatic carbocycles. The Morgan fingerprint density at radius 1 is 1.33 bits per heavy atom. The molecule has 2 aliphatic rings. The average Bonchev–Trinajstić information content (AvgIpc) is 2.76. The maximum atomic E-state index is 12.3. The highest BCUT2D eigenvalue weighted by Gasteiger charge is 2.40. The number of rotatable bonds is 2. The number of halogens is 2. The van der Waals surface area contributed by atoms with E-state index in [4.69, 9.17) is 5.73 Å². The second kappa shape index (κ2) is 7.77. The number of aryl methyl sites for hydroxylation is 1. The first-order chi connectivity index (χ1) is 9.15. The van der Waals surface area contributed by atoms with Crippen molar-refractivity contribution in [2.45, 2.75) is 51.1 Å². The van der Waals surface area contributed by atoms with Gasteiger partial charge >= 0.3 is 0 Å². The SMILES string of the molecule is Cc1ncsc1C(=O)NC1C2CCCC1CC(N)C2.Cl.Cl. The van der Waals surface area contributed by atoms with Crippen molar-refractivity contribution in [2.24, 2.45) is 17.6 Å². The molecule has 2 bridgehead atoms. The van der Waals surface area contributed by atoms with Crippen LogP contribution >= 0.6 is 36.2 Å². The molecule has 120 valence electrons. The van der Waals surface area contributed by atoms with Crippen molar-refractivity contribution in [3.8, 4) is 0 Å². The molecule has 3 N–H and O–H groups in total. The van der Waals surface area contributed by atoms with Crippen LogP contribution in [0.2, 0.25) is 0 Å². The van der Waals surface area contributed by atoms with Gasteiger partial charge in [-0.2, -0.15) is 0 Å². The van der Waals surface area contributed by atoms with E-state index in [1.807, 2.05) is 6.92 Å². The van der Waals surface area contributed by atoms with Crippen LogP contribution < -0.4 is 11.1 Å². The Kier molecular flexibility index (Phi) is 6.91. The number of amides is 1. The zero-order chi connectivity index (χ0) is 13.4. The summed E-state index contributed by atoms with van der Waals surface area (Å²) < 4.78 is 0. The second-order valence-electron chi connectivity index (χ2n) is 5.95. The van der Waals surface area contributed by atoms with E-state index >= 15 is 0 Å². The number of thiazole rings is 1. The normalized spacial score (nSPS) is 30.8. The zero-order valence-electron chi connectivity index (χ0n) is 12.1. The third kappa shape index (κ3) is 3.89. The van der Waals surface area contributed by atoms with Crippen molar-refractivity contribution >= 4 is 42.1 Å². The van der Waals surface area contributed by atoms with E-state index in [1.165, 1.54) is 30.6 Å². The summed E-state index contributed by atoms with van der Waals surface area (Å²) in [6, 6.07) is 0.649. The number of nitrogens with zero attached hydrogens (tertiary/aromatic N) is 1. The summed E-state index contributed by atoms with van der Waals surface area (Å²) >= 11 is 1.43. The molecule has 7 heteroatoms. The molecule has 3 rings (SSSR count). The molecule has 2 atom stereocenters. The molecule has 4 nitrogen and oxygen atoms in total. The van der Waals surface area contributed by atoms with Gasteiger partial charge in [0, 0.05) is 12.1 Å². The Labute approximate surface area is 142 Å². The quantitative estimate of drug-likeness (QED) is 0.860. The number of fused-ring (bicyclic) bond motifs is 2. The van der Waals surface area contributed by atoms with Gasteiger partial charge in [0.1, 0.15) is 4.88 Å². The standard InChI is InChI=1S/C14H21N3OS.2ClH/c1-8-13(19-7-16-8)14(18)17-12-9-3-2-4-10(12)6-11(15)5-9;;/h7,9-12H,2-6,15H2,1H3,(H,17,18);2*1H. The van der Waals surface area contributed by atoms with Crippen LogP contribution in [0, 0.1) is 18.8 Å². The molecule has 2 fully saturated rings. The topological polar surface area (TPSA) is 68.0 Å². The largest absolute Gasteiger partial charge is 0.348 e. The summed E-state index contributed by atoms with van der Waals surface area (Å²) in [5.41, 5.74) is 8.69. The summed E-state index contributed by atoms with van der Waals surface area (Å²) in [5.74, 6) is 1.19. The fraction of sp³-hybridized carbons (Fsp3) is 0.714. The minimum atomic E-state index is 0. The Balaban J connectivity index is 0.00000110. The predicted molar refractivity (Wildman–Crippen MR) is 90.6 cm³/mol. The molecule has 0 saturated heterocycles. The first-order valence-corrected chi connectivity index (χ1v) is 7.99. The minimum absolute atomic E-state index is 0. The lowest BCUT2D eigenvalue weighted by atomic mass is 9.67. The van der Waals surface area contributed by atoms with Gasteiger partial charge in [-0.1, -0.05) is 6.42 Å². The van der Waals surface area contributed by atoms with Crippen LogP contribution in [0.3, 0.4) is 0 Å². The number of aromatic nitrogens is 1. The number of nitrogens with two attached hydrogens (primary N) is 1. The smallest absolute Gasteiger partial charge is 0.263 e. The number of hydrogen-bond acceptors (Lipinski definition) is 4. The highest BCUT2D eigenvalue weighted by molar-refractivity contribution is 7.11. The number of carbonyl (C=O) groups is 1. The molecule has 2 unspecified atom stereocenters. The van der Waals surface area contributed by atoms with Gasteiger partial charge in [-0.25, -0.2) is 4.98 Å². The molecule has 1 heterocycles. The molecule has 21 heavy (non-hydrogen) atoms. The monoisotopic (exact) mass is 351 g/mol. The van der Waals surface area contributed by atoms with Gasteiger partial charge in [-0.3, -0.25) is 4.79 Å². The van der Waals surface area contributed by atoms with Crippen LogP contribution in [-0.2, 0) is 0 Å². The molecule has 0 radical (unpaired) electrons. The predicted octanol–water partition coefficient (Wildman–Crippen LogP) is 2.93. The van der Waals surface area contributed by atoms with Crippen LogP contribution in [-0.4, -0.2) is 23.0 Å². The minimum Gasteiger partial charge on any atom is -0.348 e. The maximum absolute atomic E-state index is 12.3. The van der Waals surface area contributed by atoms with E-state index in [9.17, 15) is 4.79 Å². The Hall–Kier alpha value is -0.360. The van der Waals surface area contributed by atoms with Crippen molar-refractivity contribution < 1.29 is 4.79 Å². The van der Waals surface area contributed by atoms with E-state index in [0.717, 1.165) is 23.4 Å². The Morgan fingerprint density at radius 2 is 1.95 bits per heavy atom. The summed E-state index contributed by atoms with van der Waals surface area (Å²) in [6.07, 6.45) is 5.81. The van der Waals surface area contributed by atoms with E-state index < -0.39 is 0 Å². The molecule has 1 aromatic rings. The van der Waals surface area contributed by atoms with Crippen molar-refractivity contribution in [3.05, 3.63) is 16.1 Å². The van der Waals surface area contributed by atoms with Crippen LogP contribution in [0.25, 0.3) is 0 Å². The van der Waals surface area contributed by atoms with E-state index in [0.29, 0.717) is 23.9 Å². The highest BCUT2D eigenvalue weighted by Crippen LogP contribution is 2.39. The van der Waals surface area contributed by atoms with Gasteiger partial charge in [0.2, 0.25) is 0 Å². The number of nitrogens with one attached hydrogen (secondary N) is 1. The van der Waals surface area contributed by atoms with Crippen LogP contribution in [0.1, 0.15) is 47.5 Å². The lowest BCUT2D eigenvalue weighted by Gasteiger charge is -2.45. The average molecular weight is 352 g/mol. The fourth-order valence-electron chi connectivity index (χ4n) is 3.76. The van der Waals surface area contributed by atoms with Crippen molar-refractivity contribution in [2.75, 3.05) is 0 Å². The maximum Gasteiger partial charge on any atom is 0.263 e. The molecule has 2 aliphatic carbocycles. The number of hydrogen-bond donors (Lipinski definition) is 2. The third-order valence-electron chi connectivity index (χ3n) is 4.63. The van der Waals surface area contributed by atoms with Gasteiger partial charge < -0.3 is 11.1 Å². The molecule has 0 aliphatic heterocycles. The first kappa shape index (κ1) is 18.7. The lowest BCUT2D eigenvalue weighted by Crippen LogP contribution is -2.53. The summed E-state index contributed by atoms with van der Waals surface area (Å²) in [4.78, 5) is 17.2. The molecule has 2 saturated carbocycles. The van der Waals surface area contributed by atoms with E-state index in [2.05, 4.69) is 10.3 Å². The summed E-state index contributed by atoms with van der Waals surface area (Å²) in [6.45, 7) is 1.89. The van der Waals surface area contributed by atoms with Crippen LogP contribution in [0.15, 0.2) is 5.51 Å². The van der Waals surface area contributed by atoms with Gasteiger partial charge in [-0.05, 0) is 44.4 Å². The summed E-state index contributed by atoms with van der Waals surface area (Å²) in [7, 11) is 0. The number of carbonyl (C=O) groups excluding carboxylic acids is 1. The molecule has 1 amide bonds. The van der Waals surface area contributed by atoms with Crippen LogP contribution in [0.4, 0.5) is 0 Å².